The summed E-state index contributed by atoms with van der Waals surface area (Å²) in [5, 5.41) is 4.17. The van der Waals surface area contributed by atoms with Crippen LogP contribution in [0.5, 0.6) is 0 Å². The number of halogens is 1. The van der Waals surface area contributed by atoms with Gasteiger partial charge in [-0.05, 0) is 55.8 Å². The second-order valence-corrected chi connectivity index (χ2v) is 7.25. The van der Waals surface area contributed by atoms with Gasteiger partial charge in [-0.1, -0.05) is 123 Å². The second kappa shape index (κ2) is 25.0. The maximum absolute atomic E-state index is 6.71. The Hall–Kier alpha value is -2.71. The van der Waals surface area contributed by atoms with E-state index in [4.69, 9.17) is 11.6 Å². The van der Waals surface area contributed by atoms with Crippen molar-refractivity contribution in [3.63, 3.8) is 0 Å². The largest absolute Gasteiger partial charge is 0.384 e. The highest BCUT2D eigenvalue weighted by molar-refractivity contribution is 6.31. The Bertz CT molecular complexity index is 906. The molecule has 2 N–H and O–H groups in total. The average Bonchev–Trinajstić information content (AvgIpc) is 3.55. The fourth-order valence-corrected chi connectivity index (χ4v) is 4.21. The van der Waals surface area contributed by atoms with Crippen LogP contribution in [0.4, 0.5) is 0 Å². The van der Waals surface area contributed by atoms with E-state index in [1.165, 1.54) is 5.57 Å². The molecule has 0 saturated carbocycles. The molecule has 3 heteroatoms. The van der Waals surface area contributed by atoms with Gasteiger partial charge in [0.1, 0.15) is 0 Å². The summed E-state index contributed by atoms with van der Waals surface area (Å²) in [5.41, 5.74) is 5.37. The van der Waals surface area contributed by atoms with Crippen molar-refractivity contribution in [1.82, 2.24) is 10.3 Å². The minimum absolute atomic E-state index is 0.0785. The molecular formula is C34H55ClN2. The highest BCUT2D eigenvalue weighted by Gasteiger charge is 2.34. The SMILES string of the molecule is C=C/C(=C(Cl)\C=C/C)C(C1=CNC(/C=C\C)C1C=C)c1c[nH]c(/C=C\C)c1C=C.CC.CC.CC.CC. The smallest absolute Gasteiger partial charge is 0.0539 e. The third-order valence-electron chi connectivity index (χ3n) is 5.15. The molecule has 208 valence electrons. The number of hydrogen-bond donors (Lipinski definition) is 2. The highest BCUT2D eigenvalue weighted by atomic mass is 35.5. The van der Waals surface area contributed by atoms with E-state index in [2.05, 4.69) is 54.5 Å². The Morgan fingerprint density at radius 1 is 0.919 bits per heavy atom. The van der Waals surface area contributed by atoms with Crippen molar-refractivity contribution in [2.24, 2.45) is 5.92 Å². The van der Waals surface area contributed by atoms with E-state index in [0.29, 0.717) is 5.03 Å². The summed E-state index contributed by atoms with van der Waals surface area (Å²) < 4.78 is 0. The van der Waals surface area contributed by atoms with E-state index in [0.717, 1.165) is 22.4 Å². The highest BCUT2D eigenvalue weighted by Crippen LogP contribution is 2.44. The fourth-order valence-electron chi connectivity index (χ4n) is 3.90. The predicted molar refractivity (Wildman–Crippen MR) is 175 cm³/mol. The van der Waals surface area contributed by atoms with Gasteiger partial charge in [0.05, 0.1) is 6.04 Å². The summed E-state index contributed by atoms with van der Waals surface area (Å²) in [4.78, 5) is 3.39. The van der Waals surface area contributed by atoms with Crippen LogP contribution in [0.2, 0.25) is 0 Å². The first-order valence-electron chi connectivity index (χ1n) is 13.9. The lowest BCUT2D eigenvalue weighted by molar-refractivity contribution is 0.619. The number of hydrogen-bond acceptors (Lipinski definition) is 1. The lowest BCUT2D eigenvalue weighted by atomic mass is 9.77. The quantitative estimate of drug-likeness (QED) is 0.243. The summed E-state index contributed by atoms with van der Waals surface area (Å²) in [6.07, 6.45) is 22.0. The van der Waals surface area contributed by atoms with Gasteiger partial charge >= 0.3 is 0 Å². The molecule has 0 aromatic carbocycles. The molecule has 3 unspecified atom stereocenters. The van der Waals surface area contributed by atoms with Crippen LogP contribution in [-0.2, 0) is 0 Å². The zero-order valence-electron chi connectivity index (χ0n) is 25.6. The molecule has 37 heavy (non-hydrogen) atoms. The molecule has 1 aliphatic heterocycles. The zero-order chi connectivity index (χ0) is 29.4. The first-order valence-corrected chi connectivity index (χ1v) is 14.3. The summed E-state index contributed by atoms with van der Waals surface area (Å²) in [7, 11) is 0. The third-order valence-corrected chi connectivity index (χ3v) is 5.50. The van der Waals surface area contributed by atoms with Gasteiger partial charge in [-0.2, -0.15) is 0 Å². The normalized spacial score (nSPS) is 17.4. The summed E-state index contributed by atoms with van der Waals surface area (Å²) in [6, 6.07) is 0.169. The van der Waals surface area contributed by atoms with Crippen molar-refractivity contribution in [3.8, 4) is 0 Å². The first kappa shape index (κ1) is 38.8. The summed E-state index contributed by atoms with van der Waals surface area (Å²) >= 11 is 6.71. The van der Waals surface area contributed by atoms with E-state index in [-0.39, 0.29) is 17.9 Å². The second-order valence-electron chi connectivity index (χ2n) is 6.84. The molecule has 0 radical (unpaired) electrons. The van der Waals surface area contributed by atoms with Gasteiger partial charge in [-0.3, -0.25) is 0 Å². The molecule has 2 rings (SSSR count). The maximum atomic E-state index is 6.71. The van der Waals surface area contributed by atoms with Crippen LogP contribution in [0.25, 0.3) is 12.2 Å². The molecule has 0 bridgehead atoms. The van der Waals surface area contributed by atoms with E-state index in [9.17, 15) is 0 Å². The molecule has 1 aromatic heterocycles. The molecule has 1 aliphatic rings. The van der Waals surface area contributed by atoms with Crippen LogP contribution in [-0.4, -0.2) is 11.0 Å². The Morgan fingerprint density at radius 3 is 1.95 bits per heavy atom. The zero-order valence-corrected chi connectivity index (χ0v) is 26.3. The molecule has 3 atom stereocenters. The Balaban J connectivity index is -0.00000131. The maximum Gasteiger partial charge on any atom is 0.0539 e. The minimum Gasteiger partial charge on any atom is -0.384 e. The van der Waals surface area contributed by atoms with Crippen molar-refractivity contribution in [1.29, 1.82) is 0 Å². The van der Waals surface area contributed by atoms with Crippen molar-refractivity contribution >= 4 is 23.8 Å². The fraction of sp³-hybridized carbons (Fsp3) is 0.412. The predicted octanol–water partition coefficient (Wildman–Crippen LogP) is 11.4. The minimum atomic E-state index is -0.0785. The van der Waals surface area contributed by atoms with Gasteiger partial charge < -0.3 is 10.3 Å². The van der Waals surface area contributed by atoms with Gasteiger partial charge in [0.2, 0.25) is 0 Å². The molecule has 0 fully saturated rings. The number of aromatic amines is 1. The van der Waals surface area contributed by atoms with E-state index in [1.807, 2.05) is 119 Å². The van der Waals surface area contributed by atoms with Crippen LogP contribution in [0.15, 0.2) is 90.8 Å². The van der Waals surface area contributed by atoms with Gasteiger partial charge in [0.25, 0.3) is 0 Å². The van der Waals surface area contributed by atoms with Crippen molar-refractivity contribution < 1.29 is 0 Å². The molecule has 0 spiro atoms. The van der Waals surface area contributed by atoms with E-state index < -0.39 is 0 Å². The van der Waals surface area contributed by atoms with E-state index in [1.54, 1.807) is 0 Å². The molecule has 0 aliphatic carbocycles. The standard InChI is InChI=1S/C26H31ClN2.4C2H6/c1-7-13-23(27)20(12-6)26(21-16-28-24(14-8-2)18(21)10-4)22-17-29-25(15-9-3)19(22)11-5;4*1-2/h7-18,24,26,28-29H,4-6H2,1-3H3;4*1-2H3/b13-7-,14-8-,15-9-,23-20-;;;;. The lowest BCUT2D eigenvalue weighted by Gasteiger charge is -2.26. The Labute approximate surface area is 235 Å². The van der Waals surface area contributed by atoms with Crippen molar-refractivity contribution in [2.75, 3.05) is 0 Å². The summed E-state index contributed by atoms with van der Waals surface area (Å²) in [5.74, 6) is 0.0594. The Morgan fingerprint density at radius 2 is 1.51 bits per heavy atom. The molecule has 1 aromatic rings. The first-order chi connectivity index (χ1) is 18.1. The number of nitrogens with one attached hydrogen (secondary N) is 2. The van der Waals surface area contributed by atoms with Gasteiger partial charge in [-0.15, -0.1) is 6.58 Å². The molecule has 0 amide bonds. The van der Waals surface area contributed by atoms with Crippen LogP contribution < -0.4 is 5.32 Å². The monoisotopic (exact) mass is 526 g/mol. The van der Waals surface area contributed by atoms with Gasteiger partial charge in [0.15, 0.2) is 0 Å². The van der Waals surface area contributed by atoms with Crippen molar-refractivity contribution in [3.05, 3.63) is 108 Å². The van der Waals surface area contributed by atoms with Crippen LogP contribution >= 0.6 is 11.6 Å². The van der Waals surface area contributed by atoms with Crippen LogP contribution in [0.1, 0.15) is 98.9 Å². The molecular weight excluding hydrogens is 472 g/mol. The van der Waals surface area contributed by atoms with Gasteiger partial charge in [-0.25, -0.2) is 0 Å². The number of H-pyrrole nitrogens is 1. The van der Waals surface area contributed by atoms with Crippen LogP contribution in [0, 0.1) is 5.92 Å². The number of rotatable bonds is 9. The number of aromatic nitrogens is 1. The lowest BCUT2D eigenvalue weighted by Crippen LogP contribution is -2.25. The molecule has 0 saturated heterocycles. The summed E-state index contributed by atoms with van der Waals surface area (Å²) in [6.45, 7) is 34.2. The number of allylic oxidation sites excluding steroid dienone is 7. The molecule has 2 nitrogen and oxygen atoms in total. The van der Waals surface area contributed by atoms with Crippen molar-refractivity contribution in [2.45, 2.75) is 88.1 Å². The molecule has 2 heterocycles. The van der Waals surface area contributed by atoms with Gasteiger partial charge in [0, 0.05) is 34.3 Å². The van der Waals surface area contributed by atoms with Crippen LogP contribution in [0.3, 0.4) is 0 Å². The topological polar surface area (TPSA) is 27.8 Å². The third kappa shape index (κ3) is 11.1. The van der Waals surface area contributed by atoms with E-state index >= 15 is 0 Å². The average molecular weight is 527 g/mol. The Kier molecular flexibility index (Phi) is 26.2.